The van der Waals surface area contributed by atoms with Crippen LogP contribution < -0.4 is 0 Å². The van der Waals surface area contributed by atoms with Gasteiger partial charge in [0.05, 0.1) is 5.69 Å². The van der Waals surface area contributed by atoms with Crippen molar-refractivity contribution in [3.05, 3.63) is 41.3 Å². The highest BCUT2D eigenvalue weighted by Gasteiger charge is 2.38. The van der Waals surface area contributed by atoms with Gasteiger partial charge in [0, 0.05) is 11.6 Å². The van der Waals surface area contributed by atoms with E-state index in [2.05, 4.69) is 30.9 Å². The summed E-state index contributed by atoms with van der Waals surface area (Å²) in [4.78, 5) is 4.34. The summed E-state index contributed by atoms with van der Waals surface area (Å²) < 4.78 is 41.5. The van der Waals surface area contributed by atoms with E-state index in [1.165, 1.54) is 10.7 Å². The van der Waals surface area contributed by atoms with Crippen LogP contribution in [0, 0.1) is 5.41 Å². The Hall–Kier alpha value is -1.85. The van der Waals surface area contributed by atoms with Gasteiger partial charge in [0.25, 0.3) is 0 Å². The zero-order valence-electron chi connectivity index (χ0n) is 17.1. The number of alkyl halides is 3. The lowest BCUT2D eigenvalue weighted by atomic mass is 9.79. The van der Waals surface area contributed by atoms with Crippen LogP contribution in [0.3, 0.4) is 0 Å². The number of rotatable bonds is 6. The molecule has 150 valence electrons. The molecule has 0 saturated heterocycles. The molecular formula is C21H30F3N3. The van der Waals surface area contributed by atoms with E-state index in [9.17, 15) is 13.2 Å². The van der Waals surface area contributed by atoms with Crippen molar-refractivity contribution in [2.45, 2.75) is 78.8 Å². The molecular weight excluding hydrogens is 351 g/mol. The Morgan fingerprint density at radius 2 is 1.70 bits per heavy atom. The predicted octanol–water partition coefficient (Wildman–Crippen LogP) is 6.34. The molecule has 1 atom stereocenters. The number of halogens is 3. The Balaban J connectivity index is 2.62. The zero-order chi connectivity index (χ0) is 20.5. The second-order valence-electron chi connectivity index (χ2n) is 8.75. The number of aromatic nitrogens is 3. The molecule has 2 rings (SSSR count). The van der Waals surface area contributed by atoms with Crippen LogP contribution in [0.5, 0.6) is 0 Å². The summed E-state index contributed by atoms with van der Waals surface area (Å²) >= 11 is 0. The van der Waals surface area contributed by atoms with Crippen molar-refractivity contribution >= 4 is 0 Å². The largest absolute Gasteiger partial charge is 0.435 e. The first-order valence-corrected chi connectivity index (χ1v) is 9.52. The fraction of sp³-hybridized carbons (Fsp3) is 0.619. The number of hydrogen-bond donors (Lipinski definition) is 0. The fourth-order valence-electron chi connectivity index (χ4n) is 3.46. The van der Waals surface area contributed by atoms with E-state index >= 15 is 0 Å². The van der Waals surface area contributed by atoms with Crippen LogP contribution >= 0.6 is 0 Å². The molecule has 0 bridgehead atoms. The molecule has 2 aromatic rings. The summed E-state index contributed by atoms with van der Waals surface area (Å²) in [7, 11) is 0. The average molecular weight is 381 g/mol. The first-order valence-electron chi connectivity index (χ1n) is 9.52. The van der Waals surface area contributed by atoms with Gasteiger partial charge >= 0.3 is 6.18 Å². The van der Waals surface area contributed by atoms with Crippen LogP contribution in [0.1, 0.15) is 77.8 Å². The Bertz CT molecular complexity index is 772. The lowest BCUT2D eigenvalue weighted by molar-refractivity contribution is -0.141. The van der Waals surface area contributed by atoms with Crippen LogP contribution in [0.15, 0.2) is 24.4 Å². The first kappa shape index (κ1) is 21.5. The van der Waals surface area contributed by atoms with E-state index in [0.717, 1.165) is 31.2 Å². The molecule has 2 aromatic heterocycles. The smallest absolute Gasteiger partial charge is 0.237 e. The van der Waals surface area contributed by atoms with Gasteiger partial charge in [-0.2, -0.15) is 18.3 Å². The topological polar surface area (TPSA) is 30.7 Å². The molecule has 3 nitrogen and oxygen atoms in total. The van der Waals surface area contributed by atoms with Crippen molar-refractivity contribution in [3.63, 3.8) is 0 Å². The zero-order valence-corrected chi connectivity index (χ0v) is 17.1. The summed E-state index contributed by atoms with van der Waals surface area (Å²) in [6.07, 6.45) is 0.376. The monoisotopic (exact) mass is 381 g/mol. The van der Waals surface area contributed by atoms with E-state index in [1.807, 2.05) is 32.9 Å². The van der Waals surface area contributed by atoms with Gasteiger partial charge < -0.3 is 0 Å². The third-order valence-corrected chi connectivity index (χ3v) is 4.96. The second-order valence-corrected chi connectivity index (χ2v) is 8.75. The maximum absolute atomic E-state index is 13.4. The van der Waals surface area contributed by atoms with E-state index in [1.54, 1.807) is 6.20 Å². The Labute approximate surface area is 160 Å². The van der Waals surface area contributed by atoms with Crippen molar-refractivity contribution in [2.24, 2.45) is 5.41 Å². The average Bonchev–Trinajstić information content (AvgIpc) is 3.00. The van der Waals surface area contributed by atoms with E-state index in [0.29, 0.717) is 11.5 Å². The normalized spacial score (nSPS) is 15.0. The standard InChI is InChI=1S/C21H30F3N3/c1-7-10-20(6,8-2)17-13-16(21(22,23)24)26-27(17)18-12-15(9-11-25-18)14-19(3,4)5/h9,11-13H,7-8,10,14H2,1-6H3. The molecule has 0 aromatic carbocycles. The molecule has 0 fully saturated rings. The Kier molecular flexibility index (Phi) is 6.07. The van der Waals surface area contributed by atoms with Crippen LogP contribution in [0.4, 0.5) is 13.2 Å². The lowest BCUT2D eigenvalue weighted by Crippen LogP contribution is -2.25. The number of pyridine rings is 1. The van der Waals surface area contributed by atoms with Crippen LogP contribution in [-0.4, -0.2) is 14.8 Å². The molecule has 6 heteroatoms. The molecule has 27 heavy (non-hydrogen) atoms. The van der Waals surface area contributed by atoms with Crippen LogP contribution in [0.2, 0.25) is 0 Å². The Morgan fingerprint density at radius 3 is 2.22 bits per heavy atom. The summed E-state index contributed by atoms with van der Waals surface area (Å²) in [6.45, 7) is 12.4. The molecule has 0 saturated carbocycles. The maximum Gasteiger partial charge on any atom is 0.435 e. The lowest BCUT2D eigenvalue weighted by Gasteiger charge is -2.28. The molecule has 0 amide bonds. The third-order valence-electron chi connectivity index (χ3n) is 4.96. The predicted molar refractivity (Wildman–Crippen MR) is 102 cm³/mol. The molecule has 2 heterocycles. The van der Waals surface area contributed by atoms with Crippen molar-refractivity contribution in [1.82, 2.24) is 14.8 Å². The summed E-state index contributed by atoms with van der Waals surface area (Å²) in [5.74, 6) is 0.443. The van der Waals surface area contributed by atoms with Gasteiger partial charge in [-0.3, -0.25) is 0 Å². The number of nitrogens with zero attached hydrogens (tertiary/aromatic N) is 3. The van der Waals surface area contributed by atoms with Crippen LogP contribution in [-0.2, 0) is 18.0 Å². The van der Waals surface area contributed by atoms with Gasteiger partial charge in [-0.25, -0.2) is 9.67 Å². The van der Waals surface area contributed by atoms with Crippen molar-refractivity contribution in [1.29, 1.82) is 0 Å². The highest BCUT2D eigenvalue weighted by Crippen LogP contribution is 2.38. The maximum atomic E-state index is 13.4. The van der Waals surface area contributed by atoms with Gasteiger partial charge in [0.2, 0.25) is 0 Å². The van der Waals surface area contributed by atoms with Crippen molar-refractivity contribution in [2.75, 3.05) is 0 Å². The number of hydrogen-bond acceptors (Lipinski definition) is 2. The highest BCUT2D eigenvalue weighted by molar-refractivity contribution is 5.34. The van der Waals surface area contributed by atoms with Gasteiger partial charge in [-0.1, -0.05) is 48.0 Å². The molecule has 0 aliphatic carbocycles. The Morgan fingerprint density at radius 1 is 1.04 bits per heavy atom. The SMILES string of the molecule is CCCC(C)(CC)c1cc(C(F)(F)F)nn1-c1cc(CC(C)(C)C)ccn1. The van der Waals surface area contributed by atoms with Gasteiger partial charge in [0.15, 0.2) is 11.5 Å². The van der Waals surface area contributed by atoms with Crippen molar-refractivity contribution in [3.8, 4) is 5.82 Å². The first-order chi connectivity index (χ1) is 12.4. The van der Waals surface area contributed by atoms with Crippen LogP contribution in [0.25, 0.3) is 5.82 Å². The molecule has 0 aliphatic rings. The van der Waals surface area contributed by atoms with Crippen molar-refractivity contribution < 1.29 is 13.2 Å². The minimum absolute atomic E-state index is 0.0723. The van der Waals surface area contributed by atoms with E-state index in [-0.39, 0.29) is 5.41 Å². The summed E-state index contributed by atoms with van der Waals surface area (Å²) in [6, 6.07) is 4.95. The van der Waals surface area contributed by atoms with Gasteiger partial charge in [-0.05, 0) is 48.4 Å². The van der Waals surface area contributed by atoms with E-state index in [4.69, 9.17) is 0 Å². The van der Waals surface area contributed by atoms with Gasteiger partial charge in [0.1, 0.15) is 0 Å². The summed E-state index contributed by atoms with van der Waals surface area (Å²) in [5.41, 5.74) is 0.419. The van der Waals surface area contributed by atoms with E-state index < -0.39 is 17.3 Å². The summed E-state index contributed by atoms with van der Waals surface area (Å²) in [5, 5.41) is 3.91. The second kappa shape index (κ2) is 7.64. The molecule has 0 spiro atoms. The minimum Gasteiger partial charge on any atom is -0.237 e. The fourth-order valence-corrected chi connectivity index (χ4v) is 3.46. The highest BCUT2D eigenvalue weighted by atomic mass is 19.4. The molecule has 0 radical (unpaired) electrons. The quantitative estimate of drug-likeness (QED) is 0.584. The van der Waals surface area contributed by atoms with Gasteiger partial charge in [-0.15, -0.1) is 0 Å². The molecule has 1 unspecified atom stereocenters. The molecule has 0 aliphatic heterocycles. The third kappa shape index (κ3) is 5.11. The molecule has 0 N–H and O–H groups in total. The minimum atomic E-state index is -4.48.